The van der Waals surface area contributed by atoms with Crippen molar-refractivity contribution in [3.63, 3.8) is 0 Å². The predicted octanol–water partition coefficient (Wildman–Crippen LogP) is 1.94. The van der Waals surface area contributed by atoms with E-state index in [0.29, 0.717) is 10.7 Å². The monoisotopic (exact) mass is 157 g/mol. The Morgan fingerprint density at radius 2 is 2.10 bits per heavy atom. The maximum Gasteiger partial charge on any atom is 0.134 e. The Hall–Kier alpha value is -0.890. The third-order valence-electron chi connectivity index (χ3n) is 1.41. The third kappa shape index (κ3) is 1.02. The van der Waals surface area contributed by atoms with Crippen LogP contribution in [-0.4, -0.2) is 5.11 Å². The van der Waals surface area contributed by atoms with Gasteiger partial charge in [0.05, 0.1) is 5.02 Å². The van der Waals surface area contributed by atoms with Crippen LogP contribution in [0.1, 0.15) is 5.56 Å². The van der Waals surface area contributed by atoms with Crippen LogP contribution in [-0.2, 0) is 0 Å². The van der Waals surface area contributed by atoms with Crippen LogP contribution in [0.4, 0.5) is 5.69 Å². The molecule has 1 aromatic carbocycles. The Morgan fingerprint density at radius 3 is 2.60 bits per heavy atom. The zero-order chi connectivity index (χ0) is 7.72. The highest BCUT2D eigenvalue weighted by molar-refractivity contribution is 6.33. The highest BCUT2D eigenvalue weighted by Gasteiger charge is 2.02. The number of hydrogen-bond donors (Lipinski definition) is 2. The summed E-state index contributed by atoms with van der Waals surface area (Å²) in [5.41, 5.74) is 6.82. The van der Waals surface area contributed by atoms with E-state index in [1.54, 1.807) is 13.0 Å². The summed E-state index contributed by atoms with van der Waals surface area (Å²) in [4.78, 5) is 0. The minimum Gasteiger partial charge on any atom is -0.506 e. The number of nitrogens with two attached hydrogens (primary N) is 1. The predicted molar refractivity (Wildman–Crippen MR) is 42.3 cm³/mol. The molecule has 0 aliphatic heterocycles. The van der Waals surface area contributed by atoms with Crippen molar-refractivity contribution in [3.8, 4) is 5.75 Å². The minimum atomic E-state index is 0.0772. The van der Waals surface area contributed by atoms with Gasteiger partial charge >= 0.3 is 0 Å². The molecule has 0 fully saturated rings. The number of hydrogen-bond acceptors (Lipinski definition) is 2. The highest BCUT2D eigenvalue weighted by Crippen LogP contribution is 2.29. The Morgan fingerprint density at radius 1 is 1.50 bits per heavy atom. The molecule has 0 aromatic heterocycles. The van der Waals surface area contributed by atoms with E-state index in [9.17, 15) is 0 Å². The smallest absolute Gasteiger partial charge is 0.134 e. The summed E-state index contributed by atoms with van der Waals surface area (Å²) >= 11 is 5.65. The molecule has 0 bridgehead atoms. The molecule has 0 spiro atoms. The summed E-state index contributed by atoms with van der Waals surface area (Å²) in [6.45, 7) is 1.76. The molecule has 0 aliphatic rings. The molecule has 2 nitrogen and oxygen atoms in total. The second-order valence-electron chi connectivity index (χ2n) is 2.11. The fraction of sp³-hybridized carbons (Fsp3) is 0.143. The van der Waals surface area contributed by atoms with Gasteiger partial charge in [0.1, 0.15) is 5.75 Å². The number of anilines is 1. The first-order valence-corrected chi connectivity index (χ1v) is 3.24. The normalized spacial score (nSPS) is 9.80. The zero-order valence-electron chi connectivity index (χ0n) is 5.56. The Bertz CT molecular complexity index is 233. The number of nitrogen functional groups attached to an aromatic ring is 1. The van der Waals surface area contributed by atoms with Crippen molar-refractivity contribution < 1.29 is 5.11 Å². The molecule has 0 radical (unpaired) electrons. The Balaban J connectivity index is 3.34. The number of rotatable bonds is 0. The lowest BCUT2D eigenvalue weighted by atomic mass is 10.2. The van der Waals surface area contributed by atoms with Crippen LogP contribution in [0.3, 0.4) is 0 Å². The van der Waals surface area contributed by atoms with Crippen LogP contribution in [0.2, 0.25) is 5.02 Å². The maximum atomic E-state index is 9.04. The van der Waals surface area contributed by atoms with E-state index in [1.807, 2.05) is 0 Å². The van der Waals surface area contributed by atoms with E-state index in [2.05, 4.69) is 0 Å². The topological polar surface area (TPSA) is 46.2 Å². The molecule has 0 saturated carbocycles. The lowest BCUT2D eigenvalue weighted by Crippen LogP contribution is -1.88. The first-order chi connectivity index (χ1) is 4.63. The summed E-state index contributed by atoms with van der Waals surface area (Å²) in [6, 6.07) is 3.10. The molecular weight excluding hydrogens is 150 g/mol. The number of aromatic hydroxyl groups is 1. The van der Waals surface area contributed by atoms with Gasteiger partial charge in [-0.3, -0.25) is 0 Å². The molecule has 3 N–H and O–H groups in total. The van der Waals surface area contributed by atoms with E-state index in [4.69, 9.17) is 22.4 Å². The van der Waals surface area contributed by atoms with Crippen LogP contribution >= 0.6 is 11.6 Å². The van der Waals surface area contributed by atoms with Gasteiger partial charge in [-0.05, 0) is 24.6 Å². The largest absolute Gasteiger partial charge is 0.506 e. The minimum absolute atomic E-state index is 0.0772. The summed E-state index contributed by atoms with van der Waals surface area (Å²) < 4.78 is 0. The highest BCUT2D eigenvalue weighted by atomic mass is 35.5. The molecule has 3 heteroatoms. The molecule has 0 aliphatic carbocycles. The average Bonchev–Trinajstić information content (AvgIpc) is 1.93. The van der Waals surface area contributed by atoms with Gasteiger partial charge in [-0.1, -0.05) is 11.6 Å². The lowest BCUT2D eigenvalue weighted by Gasteiger charge is -2.02. The molecular formula is C7H8ClNO. The second kappa shape index (κ2) is 2.39. The van der Waals surface area contributed by atoms with Gasteiger partial charge in [0.15, 0.2) is 0 Å². The van der Waals surface area contributed by atoms with Gasteiger partial charge in [0.2, 0.25) is 0 Å². The van der Waals surface area contributed by atoms with E-state index in [0.717, 1.165) is 5.56 Å². The zero-order valence-corrected chi connectivity index (χ0v) is 6.31. The summed E-state index contributed by atoms with van der Waals surface area (Å²) in [7, 11) is 0. The second-order valence-corrected chi connectivity index (χ2v) is 2.49. The molecule has 0 amide bonds. The van der Waals surface area contributed by atoms with Crippen LogP contribution in [0.15, 0.2) is 12.1 Å². The van der Waals surface area contributed by atoms with E-state index >= 15 is 0 Å². The van der Waals surface area contributed by atoms with Crippen molar-refractivity contribution in [2.45, 2.75) is 6.92 Å². The molecule has 1 aromatic rings. The SMILES string of the molecule is Cc1c(N)ccc(O)c1Cl. The van der Waals surface area contributed by atoms with Crippen LogP contribution < -0.4 is 5.73 Å². The fourth-order valence-corrected chi connectivity index (χ4v) is 0.858. The Labute approximate surface area is 64.2 Å². The van der Waals surface area contributed by atoms with Crippen molar-refractivity contribution >= 4 is 17.3 Å². The number of benzene rings is 1. The summed E-state index contributed by atoms with van der Waals surface area (Å²) in [5, 5.41) is 9.37. The first kappa shape index (κ1) is 7.22. The molecule has 10 heavy (non-hydrogen) atoms. The molecule has 0 unspecified atom stereocenters. The van der Waals surface area contributed by atoms with Crippen molar-refractivity contribution in [1.82, 2.24) is 0 Å². The Kier molecular flexibility index (Phi) is 1.72. The number of phenolic OH excluding ortho intramolecular Hbond substituents is 1. The first-order valence-electron chi connectivity index (χ1n) is 2.86. The number of halogens is 1. The van der Waals surface area contributed by atoms with Crippen LogP contribution in [0.25, 0.3) is 0 Å². The van der Waals surface area contributed by atoms with Gasteiger partial charge < -0.3 is 10.8 Å². The molecule has 0 saturated heterocycles. The molecule has 54 valence electrons. The van der Waals surface area contributed by atoms with Gasteiger partial charge in [0.25, 0.3) is 0 Å². The lowest BCUT2D eigenvalue weighted by molar-refractivity contribution is 0.475. The van der Waals surface area contributed by atoms with Gasteiger partial charge in [-0.15, -0.1) is 0 Å². The van der Waals surface area contributed by atoms with Crippen molar-refractivity contribution in [1.29, 1.82) is 0 Å². The summed E-state index contributed by atoms with van der Waals surface area (Å²) in [5.74, 6) is 0.0772. The van der Waals surface area contributed by atoms with E-state index in [1.165, 1.54) is 6.07 Å². The van der Waals surface area contributed by atoms with Crippen LogP contribution in [0, 0.1) is 6.92 Å². The summed E-state index contributed by atoms with van der Waals surface area (Å²) in [6.07, 6.45) is 0. The maximum absolute atomic E-state index is 9.04. The third-order valence-corrected chi connectivity index (χ3v) is 1.88. The van der Waals surface area contributed by atoms with Crippen molar-refractivity contribution in [3.05, 3.63) is 22.7 Å². The quantitative estimate of drug-likeness (QED) is 0.447. The van der Waals surface area contributed by atoms with Crippen LogP contribution in [0.5, 0.6) is 5.75 Å². The standard InChI is InChI=1S/C7H8ClNO/c1-4-5(9)2-3-6(10)7(4)8/h2-3,10H,9H2,1H3. The average molecular weight is 158 g/mol. The van der Waals surface area contributed by atoms with E-state index in [-0.39, 0.29) is 5.75 Å². The molecule has 0 heterocycles. The van der Waals surface area contributed by atoms with Crippen molar-refractivity contribution in [2.75, 3.05) is 5.73 Å². The van der Waals surface area contributed by atoms with Gasteiger partial charge in [0, 0.05) is 5.69 Å². The molecule has 0 atom stereocenters. The van der Waals surface area contributed by atoms with Crippen molar-refractivity contribution in [2.24, 2.45) is 0 Å². The molecule has 1 rings (SSSR count). The van der Waals surface area contributed by atoms with E-state index < -0.39 is 0 Å². The number of phenols is 1. The van der Waals surface area contributed by atoms with Gasteiger partial charge in [-0.2, -0.15) is 0 Å². The van der Waals surface area contributed by atoms with Gasteiger partial charge in [-0.25, -0.2) is 0 Å². The fourth-order valence-electron chi connectivity index (χ4n) is 0.686.